The van der Waals surface area contributed by atoms with E-state index < -0.39 is 0 Å². The van der Waals surface area contributed by atoms with E-state index in [0.29, 0.717) is 11.6 Å². The van der Waals surface area contributed by atoms with Gasteiger partial charge in [-0.3, -0.25) is 4.90 Å². The second-order valence-corrected chi connectivity index (χ2v) is 7.02. The summed E-state index contributed by atoms with van der Waals surface area (Å²) in [6.45, 7) is 9.57. The lowest BCUT2D eigenvalue weighted by atomic mass is 9.90. The third-order valence-electron chi connectivity index (χ3n) is 4.66. The van der Waals surface area contributed by atoms with E-state index in [-0.39, 0.29) is 0 Å². The normalized spacial score (nSPS) is 37.1. The van der Waals surface area contributed by atoms with E-state index in [1.807, 2.05) is 11.8 Å². The van der Waals surface area contributed by atoms with Gasteiger partial charge in [-0.25, -0.2) is 0 Å². The smallest absolute Gasteiger partial charge is 0.0309 e. The summed E-state index contributed by atoms with van der Waals surface area (Å²) in [6, 6.07) is 1.46. The Kier molecular flexibility index (Phi) is 4.43. The fourth-order valence-corrected chi connectivity index (χ4v) is 4.02. The summed E-state index contributed by atoms with van der Waals surface area (Å²) in [7, 11) is 0. The van der Waals surface area contributed by atoms with Crippen LogP contribution in [0, 0.1) is 5.92 Å². The van der Waals surface area contributed by atoms with Gasteiger partial charge in [0.2, 0.25) is 0 Å². The fourth-order valence-electron chi connectivity index (χ4n) is 3.21. The zero-order chi connectivity index (χ0) is 12.5. The van der Waals surface area contributed by atoms with Crippen LogP contribution in [0.2, 0.25) is 0 Å². The highest BCUT2D eigenvalue weighted by atomic mass is 32.2. The van der Waals surface area contributed by atoms with Crippen molar-refractivity contribution in [2.45, 2.75) is 57.7 Å². The number of piperazine rings is 1. The van der Waals surface area contributed by atoms with E-state index in [2.05, 4.69) is 37.2 Å². The molecule has 100 valence electrons. The minimum Gasteiger partial charge on any atom is -0.308 e. The van der Waals surface area contributed by atoms with Crippen LogP contribution in [0.1, 0.15) is 40.0 Å². The Morgan fingerprint density at radius 2 is 2.18 bits per heavy atom. The molecular formula is C14H28N2S. The van der Waals surface area contributed by atoms with Gasteiger partial charge in [0.15, 0.2) is 0 Å². The molecule has 0 bridgehead atoms. The van der Waals surface area contributed by atoms with Crippen LogP contribution >= 0.6 is 11.8 Å². The maximum atomic E-state index is 3.81. The molecule has 0 aromatic carbocycles. The molecule has 1 N–H and O–H groups in total. The first-order chi connectivity index (χ1) is 8.10. The largest absolute Gasteiger partial charge is 0.308 e. The predicted molar refractivity (Wildman–Crippen MR) is 77.8 cm³/mol. The van der Waals surface area contributed by atoms with E-state index in [0.717, 1.165) is 18.5 Å². The molecule has 1 saturated carbocycles. The maximum absolute atomic E-state index is 3.81. The standard InChI is InChI=1S/C14H28N2S/c1-5-13(9-17-4)16-10-14(3,12-6-7-12)15-8-11(16)2/h11-13,15H,5-10H2,1-4H3. The molecule has 1 aliphatic carbocycles. The lowest BCUT2D eigenvalue weighted by Gasteiger charge is -2.48. The van der Waals surface area contributed by atoms with E-state index in [1.165, 1.54) is 31.6 Å². The summed E-state index contributed by atoms with van der Waals surface area (Å²) >= 11 is 1.99. The Hall–Kier alpha value is 0.270. The molecule has 0 aromatic heterocycles. The van der Waals surface area contributed by atoms with Gasteiger partial charge in [0, 0.05) is 36.5 Å². The summed E-state index contributed by atoms with van der Waals surface area (Å²) in [5.41, 5.74) is 0.387. The summed E-state index contributed by atoms with van der Waals surface area (Å²) in [6.07, 6.45) is 6.39. The lowest BCUT2D eigenvalue weighted by molar-refractivity contribution is 0.0524. The average Bonchev–Trinajstić information content (AvgIpc) is 3.14. The number of rotatable bonds is 5. The zero-order valence-electron chi connectivity index (χ0n) is 11.8. The number of thioether (sulfide) groups is 1. The number of nitrogens with zero attached hydrogens (tertiary/aromatic N) is 1. The van der Waals surface area contributed by atoms with E-state index in [9.17, 15) is 0 Å². The van der Waals surface area contributed by atoms with Gasteiger partial charge in [0.25, 0.3) is 0 Å². The Morgan fingerprint density at radius 3 is 2.71 bits per heavy atom. The van der Waals surface area contributed by atoms with Gasteiger partial charge in [0.05, 0.1) is 0 Å². The molecule has 1 aliphatic heterocycles. The Bertz CT molecular complexity index is 255. The molecule has 3 heteroatoms. The molecule has 0 radical (unpaired) electrons. The van der Waals surface area contributed by atoms with Gasteiger partial charge in [-0.05, 0) is 45.3 Å². The van der Waals surface area contributed by atoms with Crippen molar-refractivity contribution in [1.29, 1.82) is 0 Å². The van der Waals surface area contributed by atoms with Crippen LogP contribution in [0.3, 0.4) is 0 Å². The minimum absolute atomic E-state index is 0.387. The topological polar surface area (TPSA) is 15.3 Å². The molecule has 3 atom stereocenters. The SMILES string of the molecule is CCC(CSC)N1CC(C)(C2CC2)NCC1C. The third kappa shape index (κ3) is 2.99. The first-order valence-electron chi connectivity index (χ1n) is 7.10. The van der Waals surface area contributed by atoms with Crippen molar-refractivity contribution in [2.24, 2.45) is 5.92 Å². The first kappa shape index (κ1) is 13.7. The highest BCUT2D eigenvalue weighted by molar-refractivity contribution is 7.98. The van der Waals surface area contributed by atoms with Gasteiger partial charge in [-0.2, -0.15) is 11.8 Å². The van der Waals surface area contributed by atoms with Crippen LogP contribution in [-0.4, -0.2) is 47.6 Å². The molecule has 3 unspecified atom stereocenters. The molecule has 17 heavy (non-hydrogen) atoms. The van der Waals surface area contributed by atoms with Crippen LogP contribution in [0.4, 0.5) is 0 Å². The average molecular weight is 256 g/mol. The van der Waals surface area contributed by atoms with Gasteiger partial charge >= 0.3 is 0 Å². The third-order valence-corrected chi connectivity index (χ3v) is 5.37. The summed E-state index contributed by atoms with van der Waals surface area (Å²) in [4.78, 5) is 2.77. The molecule has 2 aliphatic rings. The highest BCUT2D eigenvalue weighted by Crippen LogP contribution is 2.41. The lowest BCUT2D eigenvalue weighted by Crippen LogP contribution is -2.65. The Labute approximate surface area is 111 Å². The van der Waals surface area contributed by atoms with E-state index in [4.69, 9.17) is 0 Å². The summed E-state index contributed by atoms with van der Waals surface area (Å²) < 4.78 is 0. The number of hydrogen-bond acceptors (Lipinski definition) is 3. The quantitative estimate of drug-likeness (QED) is 0.814. The molecule has 2 rings (SSSR count). The van der Waals surface area contributed by atoms with Crippen molar-refractivity contribution in [2.75, 3.05) is 25.1 Å². The molecule has 1 heterocycles. The van der Waals surface area contributed by atoms with Crippen molar-refractivity contribution in [3.63, 3.8) is 0 Å². The van der Waals surface area contributed by atoms with Crippen molar-refractivity contribution < 1.29 is 0 Å². The highest BCUT2D eigenvalue weighted by Gasteiger charge is 2.46. The molecule has 1 saturated heterocycles. The van der Waals surface area contributed by atoms with Crippen molar-refractivity contribution in [1.82, 2.24) is 10.2 Å². The van der Waals surface area contributed by atoms with E-state index >= 15 is 0 Å². The maximum Gasteiger partial charge on any atom is 0.0309 e. The second-order valence-electron chi connectivity index (χ2n) is 6.11. The molecule has 0 spiro atoms. The van der Waals surface area contributed by atoms with Crippen LogP contribution in [0.15, 0.2) is 0 Å². The fraction of sp³-hybridized carbons (Fsp3) is 1.00. The molecular weight excluding hydrogens is 228 g/mol. The van der Waals surface area contributed by atoms with Gasteiger partial charge in [-0.1, -0.05) is 6.92 Å². The van der Waals surface area contributed by atoms with Gasteiger partial charge in [-0.15, -0.1) is 0 Å². The molecule has 0 aromatic rings. The van der Waals surface area contributed by atoms with E-state index in [1.54, 1.807) is 0 Å². The minimum atomic E-state index is 0.387. The van der Waals surface area contributed by atoms with Gasteiger partial charge in [0.1, 0.15) is 0 Å². The first-order valence-corrected chi connectivity index (χ1v) is 8.49. The molecule has 0 amide bonds. The van der Waals surface area contributed by atoms with Crippen LogP contribution in [-0.2, 0) is 0 Å². The Morgan fingerprint density at radius 1 is 1.47 bits per heavy atom. The zero-order valence-corrected chi connectivity index (χ0v) is 12.6. The Balaban J connectivity index is 2.02. The number of nitrogens with one attached hydrogen (secondary N) is 1. The molecule has 2 nitrogen and oxygen atoms in total. The van der Waals surface area contributed by atoms with Crippen molar-refractivity contribution in [3.8, 4) is 0 Å². The van der Waals surface area contributed by atoms with Crippen molar-refractivity contribution >= 4 is 11.8 Å². The van der Waals surface area contributed by atoms with Crippen LogP contribution in [0.25, 0.3) is 0 Å². The summed E-state index contributed by atoms with van der Waals surface area (Å²) in [5, 5.41) is 3.81. The summed E-state index contributed by atoms with van der Waals surface area (Å²) in [5.74, 6) is 2.21. The monoisotopic (exact) mass is 256 g/mol. The van der Waals surface area contributed by atoms with Crippen molar-refractivity contribution in [3.05, 3.63) is 0 Å². The number of hydrogen-bond donors (Lipinski definition) is 1. The van der Waals surface area contributed by atoms with Crippen LogP contribution in [0.5, 0.6) is 0 Å². The van der Waals surface area contributed by atoms with Crippen LogP contribution < -0.4 is 5.32 Å². The van der Waals surface area contributed by atoms with Gasteiger partial charge < -0.3 is 5.32 Å². The molecule has 2 fully saturated rings. The predicted octanol–water partition coefficient (Wildman–Crippen LogP) is 2.59. The second kappa shape index (κ2) is 5.50.